The Labute approximate surface area is 334 Å². The lowest BCUT2D eigenvalue weighted by atomic mass is 9.63. The molecule has 0 saturated heterocycles. The van der Waals surface area contributed by atoms with Gasteiger partial charge in [0.1, 0.15) is 0 Å². The molecule has 11 rings (SSSR count). The van der Waals surface area contributed by atoms with Crippen LogP contribution >= 0.6 is 0 Å². The molecule has 0 amide bonds. The lowest BCUT2D eigenvalue weighted by Crippen LogP contribution is -2.37. The number of allylic oxidation sites excluding steroid dienone is 8. The van der Waals surface area contributed by atoms with Crippen LogP contribution in [0.25, 0.3) is 27.5 Å². The molecule has 2 heteroatoms. The summed E-state index contributed by atoms with van der Waals surface area (Å²) >= 11 is 0. The van der Waals surface area contributed by atoms with Gasteiger partial charge in [-0.05, 0) is 82.8 Å². The van der Waals surface area contributed by atoms with Gasteiger partial charge in [0.05, 0.1) is 16.4 Å². The highest BCUT2D eigenvalue weighted by Crippen LogP contribution is 2.62. The van der Waals surface area contributed by atoms with Crippen molar-refractivity contribution >= 4 is 33.2 Å². The highest BCUT2D eigenvalue weighted by molar-refractivity contribution is 6.10. The molecule has 3 aliphatic carbocycles. The Hall–Kier alpha value is -6.90. The zero-order valence-electron chi connectivity index (χ0n) is 31.7. The molecule has 57 heavy (non-hydrogen) atoms. The molecular weight excluding hydrogens is 689 g/mol. The monoisotopic (exact) mass is 730 g/mol. The van der Waals surface area contributed by atoms with Crippen molar-refractivity contribution in [3.8, 4) is 5.69 Å². The Morgan fingerprint density at radius 3 is 1.91 bits per heavy atom. The molecule has 0 saturated carbocycles. The van der Waals surface area contributed by atoms with Crippen molar-refractivity contribution in [2.45, 2.75) is 23.7 Å². The van der Waals surface area contributed by atoms with Crippen LogP contribution in [0.1, 0.15) is 46.1 Å². The molecule has 0 bridgehead atoms. The van der Waals surface area contributed by atoms with Gasteiger partial charge in [0.15, 0.2) is 0 Å². The van der Waals surface area contributed by atoms with E-state index in [0.29, 0.717) is 5.92 Å². The first-order valence-electron chi connectivity index (χ1n) is 20.2. The van der Waals surface area contributed by atoms with Gasteiger partial charge >= 0.3 is 0 Å². The number of anilines is 2. The molecule has 0 N–H and O–H groups in total. The third kappa shape index (κ3) is 5.25. The lowest BCUT2D eigenvalue weighted by molar-refractivity contribution is 0.443. The van der Waals surface area contributed by atoms with Gasteiger partial charge in [0.25, 0.3) is 0 Å². The molecule has 0 fully saturated rings. The van der Waals surface area contributed by atoms with E-state index in [0.717, 1.165) is 23.5 Å². The number of hydrogen-bond acceptors (Lipinski definition) is 1. The number of para-hydroxylation sites is 2. The van der Waals surface area contributed by atoms with Gasteiger partial charge in [-0.3, -0.25) is 0 Å². The summed E-state index contributed by atoms with van der Waals surface area (Å²) in [4.78, 5) is 2.55. The topological polar surface area (TPSA) is 8.17 Å². The number of nitrogens with zero attached hydrogens (tertiary/aromatic N) is 2. The van der Waals surface area contributed by atoms with Crippen molar-refractivity contribution in [1.82, 2.24) is 4.57 Å². The highest BCUT2D eigenvalue weighted by Gasteiger charge is 2.55. The van der Waals surface area contributed by atoms with Gasteiger partial charge in [-0.1, -0.05) is 176 Å². The molecule has 3 atom stereocenters. The maximum absolute atomic E-state index is 2.55. The maximum atomic E-state index is 2.55. The first-order chi connectivity index (χ1) is 28.3. The van der Waals surface area contributed by atoms with Crippen LogP contribution in [-0.2, 0) is 5.41 Å². The first kappa shape index (κ1) is 33.4. The third-order valence-corrected chi connectivity index (χ3v) is 12.7. The van der Waals surface area contributed by atoms with Crippen molar-refractivity contribution in [3.63, 3.8) is 0 Å². The zero-order chi connectivity index (χ0) is 37.8. The van der Waals surface area contributed by atoms with E-state index >= 15 is 0 Å². The van der Waals surface area contributed by atoms with Crippen LogP contribution in [-0.4, -0.2) is 4.57 Å². The van der Waals surface area contributed by atoms with E-state index in [-0.39, 0.29) is 17.3 Å². The van der Waals surface area contributed by atoms with Gasteiger partial charge in [0.2, 0.25) is 0 Å². The van der Waals surface area contributed by atoms with Crippen LogP contribution in [0.2, 0.25) is 0 Å². The fourth-order valence-corrected chi connectivity index (χ4v) is 10.3. The van der Waals surface area contributed by atoms with Crippen molar-refractivity contribution < 1.29 is 0 Å². The average molecular weight is 731 g/mol. The van der Waals surface area contributed by atoms with Crippen LogP contribution in [0.4, 0.5) is 11.4 Å². The SMILES string of the molecule is C1=CCC(c2ccc(N(C3=CC=CC4C3c3ccccc3C4(c3ccccc3)c3ccccc3)c3ccc4c5ccccc5n(-c5ccccc5)c4c3)cc2)C=C1. The van der Waals surface area contributed by atoms with E-state index in [1.54, 1.807) is 0 Å². The second kappa shape index (κ2) is 13.7. The molecule has 8 aromatic rings. The van der Waals surface area contributed by atoms with Crippen LogP contribution in [0.15, 0.2) is 230 Å². The van der Waals surface area contributed by atoms with Crippen LogP contribution in [0, 0.1) is 5.92 Å². The summed E-state index contributed by atoms with van der Waals surface area (Å²) in [6.07, 6.45) is 17.1. The molecule has 272 valence electrons. The Morgan fingerprint density at radius 1 is 0.526 bits per heavy atom. The molecule has 2 nitrogen and oxygen atoms in total. The van der Waals surface area contributed by atoms with Crippen molar-refractivity contribution in [2.75, 3.05) is 4.90 Å². The molecule has 1 aromatic heterocycles. The molecule has 1 heterocycles. The van der Waals surface area contributed by atoms with E-state index in [9.17, 15) is 0 Å². The minimum Gasteiger partial charge on any atom is -0.314 e. The van der Waals surface area contributed by atoms with Gasteiger partial charge in [-0.25, -0.2) is 0 Å². The fraction of sp³-hybridized carbons (Fsp3) is 0.0909. The fourth-order valence-electron chi connectivity index (χ4n) is 10.3. The van der Waals surface area contributed by atoms with Crippen LogP contribution in [0.3, 0.4) is 0 Å². The van der Waals surface area contributed by atoms with Crippen LogP contribution < -0.4 is 4.90 Å². The lowest BCUT2D eigenvalue weighted by Gasteiger charge is -2.42. The normalized spacial score (nSPS) is 19.0. The van der Waals surface area contributed by atoms with Gasteiger partial charge in [0, 0.05) is 51.3 Å². The van der Waals surface area contributed by atoms with Crippen LogP contribution in [0.5, 0.6) is 0 Å². The second-order valence-corrected chi connectivity index (χ2v) is 15.6. The predicted octanol–water partition coefficient (Wildman–Crippen LogP) is 13.7. The van der Waals surface area contributed by atoms with Crippen molar-refractivity contribution in [1.29, 1.82) is 0 Å². The summed E-state index contributed by atoms with van der Waals surface area (Å²) < 4.78 is 2.43. The summed E-state index contributed by atoms with van der Waals surface area (Å²) in [5, 5.41) is 2.51. The Balaban J connectivity index is 1.14. The quantitative estimate of drug-likeness (QED) is 0.158. The van der Waals surface area contributed by atoms with Gasteiger partial charge in [-0.2, -0.15) is 0 Å². The first-order valence-corrected chi connectivity index (χ1v) is 20.2. The highest BCUT2D eigenvalue weighted by atomic mass is 15.2. The summed E-state index contributed by atoms with van der Waals surface area (Å²) in [6, 6.07) is 67.7. The number of fused-ring (bicyclic) bond motifs is 6. The predicted molar refractivity (Wildman–Crippen MR) is 238 cm³/mol. The minimum atomic E-state index is -0.375. The Bertz CT molecular complexity index is 2840. The summed E-state index contributed by atoms with van der Waals surface area (Å²) in [5.74, 6) is 0.615. The summed E-state index contributed by atoms with van der Waals surface area (Å²) in [7, 11) is 0. The minimum absolute atomic E-state index is 0.0911. The van der Waals surface area contributed by atoms with E-state index < -0.39 is 0 Å². The maximum Gasteiger partial charge on any atom is 0.0561 e. The summed E-state index contributed by atoms with van der Waals surface area (Å²) in [6.45, 7) is 0. The van der Waals surface area contributed by atoms with E-state index in [4.69, 9.17) is 0 Å². The number of aromatic nitrogens is 1. The zero-order valence-corrected chi connectivity index (χ0v) is 31.7. The van der Waals surface area contributed by atoms with Crippen molar-refractivity contribution in [2.24, 2.45) is 5.92 Å². The van der Waals surface area contributed by atoms with Gasteiger partial charge < -0.3 is 9.47 Å². The second-order valence-electron chi connectivity index (χ2n) is 15.6. The third-order valence-electron chi connectivity index (χ3n) is 12.7. The molecule has 3 aliphatic rings. The molecule has 0 radical (unpaired) electrons. The number of benzene rings is 7. The molecule has 0 aliphatic heterocycles. The Kier molecular flexibility index (Phi) is 8.03. The van der Waals surface area contributed by atoms with Gasteiger partial charge in [-0.15, -0.1) is 0 Å². The van der Waals surface area contributed by atoms with E-state index in [1.165, 1.54) is 55.3 Å². The van der Waals surface area contributed by atoms with E-state index in [1.807, 2.05) is 0 Å². The van der Waals surface area contributed by atoms with Crippen molar-refractivity contribution in [3.05, 3.63) is 258 Å². The molecule has 3 unspecified atom stereocenters. The summed E-state index contributed by atoms with van der Waals surface area (Å²) in [5.41, 5.74) is 13.5. The smallest absolute Gasteiger partial charge is 0.0561 e. The molecular formula is C55H42N2. The largest absolute Gasteiger partial charge is 0.314 e. The average Bonchev–Trinajstić information content (AvgIpc) is 3.79. The molecule has 7 aromatic carbocycles. The van der Waals surface area contributed by atoms with E-state index in [2.05, 4.69) is 234 Å². The molecule has 0 spiro atoms. The standard InChI is InChI=1S/C55H42N2/c1-5-18-39(19-6-1)40-32-34-44(35-33-40)56(45-36-37-47-46-26-14-16-30-51(46)57(53(47)38-45)43-24-11-4-12-25-43)52-31-17-29-50-54(52)48-27-13-15-28-49(48)55(50,41-20-7-2-8-21-41)42-22-9-3-10-23-42/h1-18,20-39,50,54H,19H2. The number of rotatable bonds is 7. The Morgan fingerprint density at radius 2 is 1.18 bits per heavy atom. The number of hydrogen-bond donors (Lipinski definition) is 0.